The van der Waals surface area contributed by atoms with Crippen molar-refractivity contribution in [3.63, 3.8) is 0 Å². The molecule has 1 saturated heterocycles. The molecule has 262 valence electrons. The maximum atomic E-state index is 14.5. The molecule has 1 amide bonds. The average molecular weight is 722 g/mol. The zero-order valence-electron chi connectivity index (χ0n) is 28.2. The van der Waals surface area contributed by atoms with Gasteiger partial charge >= 0.3 is 0 Å². The standard InChI is InChI=1S/C36H38Cl2N6O6/c1-6-25(45)14-23-19-50-20-27(23)41-36-39-17-22-15-26(31-32(37)28(48-4)16-29(49-5)33(31)38)35(47)44(34(22)42-36)18-21-9-11-24(12-10-21)40-30(46)8-7-13-43(2)3/h6-12,15-17,23,27H,1,13-14,18-20H2,2-5H3,(H,40,46)(H,39,41,42)/b8-7+/t23-,27+/m0/s1. The number of fused-ring (bicyclic) bond motifs is 1. The molecule has 0 saturated carbocycles. The molecule has 1 aliphatic rings. The minimum Gasteiger partial charge on any atom is -0.495 e. The number of nitrogens with zero attached hydrogens (tertiary/aromatic N) is 4. The molecule has 2 N–H and O–H groups in total. The Kier molecular flexibility index (Phi) is 11.9. The van der Waals surface area contributed by atoms with Gasteiger partial charge in [-0.05, 0) is 43.9 Å². The Labute approximate surface area is 299 Å². The third-order valence-corrected chi connectivity index (χ3v) is 8.93. The number of anilines is 2. The van der Waals surface area contributed by atoms with Crippen molar-refractivity contribution < 1.29 is 23.8 Å². The van der Waals surface area contributed by atoms with Crippen LogP contribution >= 0.6 is 23.2 Å². The van der Waals surface area contributed by atoms with Gasteiger partial charge in [-0.15, -0.1) is 0 Å². The van der Waals surface area contributed by atoms with Crippen LogP contribution in [0.15, 0.2) is 72.2 Å². The van der Waals surface area contributed by atoms with Crippen molar-refractivity contribution in [2.24, 2.45) is 5.92 Å². The summed E-state index contributed by atoms with van der Waals surface area (Å²) in [5.74, 6) is 0.400. The Morgan fingerprint density at radius 2 is 1.80 bits per heavy atom. The molecule has 2 atom stereocenters. The van der Waals surface area contributed by atoms with Gasteiger partial charge in [-0.2, -0.15) is 4.98 Å². The lowest BCUT2D eigenvalue weighted by Crippen LogP contribution is -2.30. The number of aromatic nitrogens is 3. The van der Waals surface area contributed by atoms with Crippen LogP contribution in [0.25, 0.3) is 22.2 Å². The second-order valence-corrected chi connectivity index (χ2v) is 12.7. The quantitative estimate of drug-likeness (QED) is 0.162. The maximum absolute atomic E-state index is 14.5. The molecule has 3 heterocycles. The van der Waals surface area contributed by atoms with Crippen molar-refractivity contribution in [1.82, 2.24) is 19.4 Å². The molecule has 2 aromatic heterocycles. The summed E-state index contributed by atoms with van der Waals surface area (Å²) in [7, 11) is 6.75. The molecule has 0 unspecified atom stereocenters. The van der Waals surface area contributed by atoms with E-state index in [9.17, 15) is 14.4 Å². The molecule has 0 bridgehead atoms. The molecule has 5 rings (SSSR count). The van der Waals surface area contributed by atoms with E-state index in [-0.39, 0.29) is 75.2 Å². The van der Waals surface area contributed by atoms with Crippen LogP contribution in [-0.2, 0) is 20.9 Å². The molecular formula is C36H38Cl2N6O6. The van der Waals surface area contributed by atoms with Crippen molar-refractivity contribution in [1.29, 1.82) is 0 Å². The van der Waals surface area contributed by atoms with Crippen LogP contribution in [0.2, 0.25) is 10.0 Å². The van der Waals surface area contributed by atoms with Crippen LogP contribution in [0.1, 0.15) is 12.0 Å². The first-order chi connectivity index (χ1) is 24.0. The minimum atomic E-state index is -0.427. The number of pyridine rings is 1. The summed E-state index contributed by atoms with van der Waals surface area (Å²) in [6.07, 6.45) is 6.44. The van der Waals surface area contributed by atoms with Gasteiger partial charge in [0.05, 0.1) is 55.6 Å². The van der Waals surface area contributed by atoms with Crippen molar-refractivity contribution in [3.05, 3.63) is 93.4 Å². The van der Waals surface area contributed by atoms with Gasteiger partial charge in [0, 0.05) is 53.9 Å². The lowest BCUT2D eigenvalue weighted by molar-refractivity contribution is -0.115. The van der Waals surface area contributed by atoms with Crippen molar-refractivity contribution >= 4 is 57.6 Å². The lowest BCUT2D eigenvalue weighted by Gasteiger charge is -2.19. The predicted molar refractivity (Wildman–Crippen MR) is 196 cm³/mol. The van der Waals surface area contributed by atoms with E-state index >= 15 is 0 Å². The average Bonchev–Trinajstić information content (AvgIpc) is 3.53. The number of amides is 1. The van der Waals surface area contributed by atoms with Gasteiger partial charge in [0.2, 0.25) is 11.9 Å². The molecule has 4 aromatic rings. The van der Waals surface area contributed by atoms with E-state index in [1.807, 2.05) is 31.1 Å². The number of carbonyl (C=O) groups is 2. The van der Waals surface area contributed by atoms with E-state index in [1.54, 1.807) is 36.5 Å². The van der Waals surface area contributed by atoms with Gasteiger partial charge in [0.1, 0.15) is 17.1 Å². The number of halogens is 2. The normalized spacial score (nSPS) is 15.8. The SMILES string of the molecule is C=CC(=O)C[C@H]1COC[C@H]1Nc1ncc2cc(-c3c(Cl)c(OC)cc(OC)c3Cl)c(=O)n(Cc3ccc(NC(=O)/C=C/CN(C)C)cc3)c2n1. The summed E-state index contributed by atoms with van der Waals surface area (Å²) in [6, 6.07) is 10.1. The van der Waals surface area contributed by atoms with Crippen molar-refractivity contribution in [2.75, 3.05) is 58.7 Å². The number of benzene rings is 2. The van der Waals surface area contributed by atoms with E-state index in [1.165, 1.54) is 30.9 Å². The zero-order chi connectivity index (χ0) is 35.9. The molecule has 0 radical (unpaired) electrons. The predicted octanol–water partition coefficient (Wildman–Crippen LogP) is 5.46. The van der Waals surface area contributed by atoms with Gasteiger partial charge in [-0.1, -0.05) is 48.0 Å². The number of ether oxygens (including phenoxy) is 3. The summed E-state index contributed by atoms with van der Waals surface area (Å²) in [5, 5.41) is 6.95. The van der Waals surface area contributed by atoms with E-state index in [0.29, 0.717) is 36.5 Å². The summed E-state index contributed by atoms with van der Waals surface area (Å²) in [5.41, 5.74) is 1.70. The highest BCUT2D eigenvalue weighted by atomic mass is 35.5. The number of ketones is 1. The first kappa shape index (κ1) is 36.5. The van der Waals surface area contributed by atoms with Crippen LogP contribution in [-0.4, -0.2) is 85.2 Å². The van der Waals surface area contributed by atoms with Crippen LogP contribution in [0.3, 0.4) is 0 Å². The molecule has 0 spiro atoms. The third kappa shape index (κ3) is 8.33. The van der Waals surface area contributed by atoms with Gasteiger partial charge < -0.3 is 29.7 Å². The minimum absolute atomic E-state index is 0.0778. The summed E-state index contributed by atoms with van der Waals surface area (Å²) in [6.45, 7) is 5.09. The number of hydrogen-bond acceptors (Lipinski definition) is 10. The zero-order valence-corrected chi connectivity index (χ0v) is 29.7. The molecule has 12 nitrogen and oxygen atoms in total. The highest BCUT2D eigenvalue weighted by molar-refractivity contribution is 6.41. The number of carbonyl (C=O) groups excluding carboxylic acids is 2. The largest absolute Gasteiger partial charge is 0.495 e. The Morgan fingerprint density at radius 3 is 2.44 bits per heavy atom. The number of allylic oxidation sites excluding steroid dienone is 1. The fourth-order valence-corrected chi connectivity index (χ4v) is 6.28. The second-order valence-electron chi connectivity index (χ2n) is 12.0. The highest BCUT2D eigenvalue weighted by Gasteiger charge is 2.30. The van der Waals surface area contributed by atoms with E-state index in [2.05, 4.69) is 22.2 Å². The first-order valence-corrected chi connectivity index (χ1v) is 16.5. The molecule has 50 heavy (non-hydrogen) atoms. The summed E-state index contributed by atoms with van der Waals surface area (Å²) >= 11 is 13.5. The van der Waals surface area contributed by atoms with Crippen molar-refractivity contribution in [3.8, 4) is 22.6 Å². The monoisotopic (exact) mass is 720 g/mol. The molecule has 0 aliphatic carbocycles. The summed E-state index contributed by atoms with van der Waals surface area (Å²) in [4.78, 5) is 50.2. The molecule has 1 fully saturated rings. The highest BCUT2D eigenvalue weighted by Crippen LogP contribution is 2.45. The Balaban J connectivity index is 1.56. The van der Waals surface area contributed by atoms with E-state index < -0.39 is 5.56 Å². The number of rotatable bonds is 14. The fourth-order valence-electron chi connectivity index (χ4n) is 5.57. The Morgan fingerprint density at radius 1 is 1.10 bits per heavy atom. The van der Waals surface area contributed by atoms with Crippen LogP contribution in [0.5, 0.6) is 11.5 Å². The number of methoxy groups -OCH3 is 2. The van der Waals surface area contributed by atoms with Crippen LogP contribution in [0.4, 0.5) is 11.6 Å². The first-order valence-electron chi connectivity index (χ1n) is 15.7. The van der Waals surface area contributed by atoms with E-state index in [4.69, 9.17) is 42.4 Å². The molecule has 1 aliphatic heterocycles. The smallest absolute Gasteiger partial charge is 0.260 e. The number of nitrogens with one attached hydrogen (secondary N) is 2. The van der Waals surface area contributed by atoms with Crippen LogP contribution in [0, 0.1) is 5.92 Å². The Bertz CT molecular complexity index is 1970. The second kappa shape index (κ2) is 16.3. The van der Waals surface area contributed by atoms with Crippen molar-refractivity contribution in [2.45, 2.75) is 19.0 Å². The molecule has 2 aromatic carbocycles. The summed E-state index contributed by atoms with van der Waals surface area (Å²) < 4.78 is 18.1. The lowest BCUT2D eigenvalue weighted by atomic mass is 9.97. The van der Waals surface area contributed by atoms with Gasteiger partial charge in [0.15, 0.2) is 5.78 Å². The number of hydrogen-bond donors (Lipinski definition) is 2. The van der Waals surface area contributed by atoms with E-state index in [0.717, 1.165) is 5.56 Å². The molecule has 14 heteroatoms. The topological polar surface area (TPSA) is 137 Å². The van der Waals surface area contributed by atoms with Gasteiger partial charge in [-0.3, -0.25) is 19.0 Å². The maximum Gasteiger partial charge on any atom is 0.260 e. The number of likely N-dealkylation sites (N-methyl/N-ethyl adjacent to an activating group) is 1. The van der Waals surface area contributed by atoms with Crippen LogP contribution < -0.4 is 25.7 Å². The van der Waals surface area contributed by atoms with Gasteiger partial charge in [-0.25, -0.2) is 4.98 Å². The fraction of sp³-hybridized carbons (Fsp3) is 0.306. The van der Waals surface area contributed by atoms with Gasteiger partial charge in [0.25, 0.3) is 5.56 Å². The Hall–Kier alpha value is -4.75. The molecular weight excluding hydrogens is 683 g/mol. The third-order valence-electron chi connectivity index (χ3n) is 8.18.